The second kappa shape index (κ2) is 6.61. The lowest BCUT2D eigenvalue weighted by atomic mass is 10.0. The quantitative estimate of drug-likeness (QED) is 0.922. The summed E-state index contributed by atoms with van der Waals surface area (Å²) in [5.74, 6) is 0. The Morgan fingerprint density at radius 2 is 1.83 bits per heavy atom. The molecule has 18 heavy (non-hydrogen) atoms. The van der Waals surface area contributed by atoms with Gasteiger partial charge in [-0.2, -0.15) is 0 Å². The van der Waals surface area contributed by atoms with Crippen LogP contribution in [0.3, 0.4) is 0 Å². The lowest BCUT2D eigenvalue weighted by Crippen LogP contribution is -2.23. The molecule has 1 aromatic carbocycles. The Labute approximate surface area is 116 Å². The lowest BCUT2D eigenvalue weighted by molar-refractivity contribution is 0.546. The molecule has 0 bridgehead atoms. The van der Waals surface area contributed by atoms with E-state index in [1.54, 1.807) is 6.33 Å². The summed E-state index contributed by atoms with van der Waals surface area (Å²) >= 11 is 3.45. The number of halogens is 1. The molecule has 0 spiro atoms. The Hall–Kier alpha value is -1.26. The summed E-state index contributed by atoms with van der Waals surface area (Å²) < 4.78 is 1.11. The van der Waals surface area contributed by atoms with Gasteiger partial charge < -0.3 is 5.32 Å². The molecule has 1 N–H and O–H groups in total. The number of nitrogens with one attached hydrogen (secondary N) is 1. The van der Waals surface area contributed by atoms with Crippen LogP contribution in [0.5, 0.6) is 0 Å². The zero-order valence-corrected chi connectivity index (χ0v) is 11.9. The van der Waals surface area contributed by atoms with Crippen molar-refractivity contribution >= 4 is 15.9 Å². The highest BCUT2D eigenvalue weighted by molar-refractivity contribution is 9.10. The van der Waals surface area contributed by atoms with E-state index < -0.39 is 0 Å². The van der Waals surface area contributed by atoms with Crippen LogP contribution in [0.4, 0.5) is 0 Å². The second-order valence-corrected chi connectivity index (χ2v) is 5.03. The average Bonchev–Trinajstić information content (AvgIpc) is 2.42. The fourth-order valence-corrected chi connectivity index (χ4v) is 2.17. The van der Waals surface area contributed by atoms with Crippen molar-refractivity contribution in [1.29, 1.82) is 0 Å². The summed E-state index contributed by atoms with van der Waals surface area (Å²) in [4.78, 5) is 8.17. The molecule has 0 radical (unpaired) electrons. The van der Waals surface area contributed by atoms with Crippen LogP contribution in [0.15, 0.2) is 47.5 Å². The van der Waals surface area contributed by atoms with E-state index >= 15 is 0 Å². The highest BCUT2D eigenvalue weighted by atomic mass is 79.9. The number of hydrogen-bond donors (Lipinski definition) is 1. The first kappa shape index (κ1) is 13.2. The fourth-order valence-electron chi connectivity index (χ4n) is 1.90. The largest absolute Gasteiger partial charge is 0.310 e. The molecule has 0 fully saturated rings. The molecule has 2 rings (SSSR count). The first-order valence-corrected chi connectivity index (χ1v) is 6.81. The summed E-state index contributed by atoms with van der Waals surface area (Å²) in [6.07, 6.45) is 6.25. The average molecular weight is 306 g/mol. The van der Waals surface area contributed by atoms with Crippen LogP contribution in [0.1, 0.15) is 24.1 Å². The Balaban J connectivity index is 2.14. The summed E-state index contributed by atoms with van der Waals surface area (Å²) in [7, 11) is 0. The minimum Gasteiger partial charge on any atom is -0.310 e. The molecule has 0 aliphatic carbocycles. The van der Waals surface area contributed by atoms with Gasteiger partial charge in [0.1, 0.15) is 6.33 Å². The van der Waals surface area contributed by atoms with Crippen LogP contribution in [0, 0.1) is 0 Å². The third-order valence-corrected chi connectivity index (χ3v) is 3.32. The van der Waals surface area contributed by atoms with E-state index in [0.717, 1.165) is 23.0 Å². The van der Waals surface area contributed by atoms with Crippen molar-refractivity contribution in [2.24, 2.45) is 0 Å². The van der Waals surface area contributed by atoms with Gasteiger partial charge in [0.05, 0.1) is 0 Å². The van der Waals surface area contributed by atoms with Gasteiger partial charge in [-0.1, -0.05) is 35.0 Å². The van der Waals surface area contributed by atoms with Crippen LogP contribution in [-0.4, -0.2) is 16.5 Å². The minimum absolute atomic E-state index is 0.261. The monoisotopic (exact) mass is 305 g/mol. The van der Waals surface area contributed by atoms with Crippen molar-refractivity contribution < 1.29 is 0 Å². The Morgan fingerprint density at radius 1 is 1.17 bits per heavy atom. The van der Waals surface area contributed by atoms with Gasteiger partial charge >= 0.3 is 0 Å². The molecule has 2 aromatic rings. The topological polar surface area (TPSA) is 37.8 Å². The van der Waals surface area contributed by atoms with Crippen molar-refractivity contribution in [2.75, 3.05) is 6.54 Å². The molecule has 1 atom stereocenters. The van der Waals surface area contributed by atoms with Gasteiger partial charge in [0, 0.05) is 28.5 Å². The van der Waals surface area contributed by atoms with E-state index in [2.05, 4.69) is 62.4 Å². The normalized spacial score (nSPS) is 12.3. The van der Waals surface area contributed by atoms with Gasteiger partial charge in [-0.05, 0) is 30.7 Å². The molecule has 1 unspecified atom stereocenters. The standard InChI is InChI=1S/C14H16BrN3/c1-2-18-14(12-8-16-10-17-9-12)7-11-3-5-13(15)6-4-11/h3-6,8-10,14,18H,2,7H2,1H3. The van der Waals surface area contributed by atoms with Crippen molar-refractivity contribution in [3.63, 3.8) is 0 Å². The van der Waals surface area contributed by atoms with Gasteiger partial charge in [0.2, 0.25) is 0 Å². The number of rotatable bonds is 5. The maximum atomic E-state index is 4.08. The first-order valence-electron chi connectivity index (χ1n) is 6.02. The Bertz CT molecular complexity index is 470. The van der Waals surface area contributed by atoms with Crippen molar-refractivity contribution in [1.82, 2.24) is 15.3 Å². The minimum atomic E-state index is 0.261. The van der Waals surface area contributed by atoms with Crippen LogP contribution in [0.25, 0.3) is 0 Å². The predicted molar refractivity (Wildman–Crippen MR) is 76.3 cm³/mol. The van der Waals surface area contributed by atoms with Gasteiger partial charge in [0.25, 0.3) is 0 Å². The fraction of sp³-hybridized carbons (Fsp3) is 0.286. The number of likely N-dealkylation sites (N-methyl/N-ethyl adjacent to an activating group) is 1. The molecule has 0 saturated carbocycles. The van der Waals surface area contributed by atoms with E-state index in [4.69, 9.17) is 0 Å². The molecule has 94 valence electrons. The molecule has 0 aliphatic heterocycles. The SMILES string of the molecule is CCNC(Cc1ccc(Br)cc1)c1cncnc1. The van der Waals surface area contributed by atoms with Crippen LogP contribution < -0.4 is 5.32 Å². The summed E-state index contributed by atoms with van der Waals surface area (Å²) in [5.41, 5.74) is 2.43. The highest BCUT2D eigenvalue weighted by Crippen LogP contribution is 2.18. The summed E-state index contributed by atoms with van der Waals surface area (Å²) in [6, 6.07) is 8.67. The lowest BCUT2D eigenvalue weighted by Gasteiger charge is -2.17. The third-order valence-electron chi connectivity index (χ3n) is 2.79. The van der Waals surface area contributed by atoms with Gasteiger partial charge in [-0.25, -0.2) is 9.97 Å². The van der Waals surface area contributed by atoms with Crippen molar-refractivity contribution in [3.8, 4) is 0 Å². The summed E-state index contributed by atoms with van der Waals surface area (Å²) in [6.45, 7) is 3.04. The first-order chi connectivity index (χ1) is 8.79. The van der Waals surface area contributed by atoms with Gasteiger partial charge in [-0.3, -0.25) is 0 Å². The van der Waals surface area contributed by atoms with E-state index in [0.29, 0.717) is 0 Å². The molecular weight excluding hydrogens is 290 g/mol. The van der Waals surface area contributed by atoms with Crippen LogP contribution in [0.2, 0.25) is 0 Å². The molecule has 1 heterocycles. The van der Waals surface area contributed by atoms with E-state index in [9.17, 15) is 0 Å². The summed E-state index contributed by atoms with van der Waals surface area (Å²) in [5, 5.41) is 3.47. The Kier molecular flexibility index (Phi) is 4.84. The van der Waals surface area contributed by atoms with E-state index in [1.165, 1.54) is 5.56 Å². The van der Waals surface area contributed by atoms with Crippen LogP contribution in [-0.2, 0) is 6.42 Å². The van der Waals surface area contributed by atoms with Crippen LogP contribution >= 0.6 is 15.9 Å². The second-order valence-electron chi connectivity index (χ2n) is 4.11. The van der Waals surface area contributed by atoms with Crippen molar-refractivity contribution in [2.45, 2.75) is 19.4 Å². The molecule has 0 saturated heterocycles. The number of hydrogen-bond acceptors (Lipinski definition) is 3. The number of nitrogens with zero attached hydrogens (tertiary/aromatic N) is 2. The molecule has 0 amide bonds. The van der Waals surface area contributed by atoms with Gasteiger partial charge in [-0.15, -0.1) is 0 Å². The van der Waals surface area contributed by atoms with Gasteiger partial charge in [0.15, 0.2) is 0 Å². The number of aromatic nitrogens is 2. The highest BCUT2D eigenvalue weighted by Gasteiger charge is 2.11. The number of benzene rings is 1. The van der Waals surface area contributed by atoms with E-state index in [-0.39, 0.29) is 6.04 Å². The van der Waals surface area contributed by atoms with E-state index in [1.807, 2.05) is 12.4 Å². The predicted octanol–water partition coefficient (Wildman–Crippen LogP) is 3.13. The smallest absolute Gasteiger partial charge is 0.115 e. The third kappa shape index (κ3) is 3.62. The maximum absolute atomic E-state index is 4.08. The Morgan fingerprint density at radius 3 is 2.44 bits per heavy atom. The molecule has 1 aromatic heterocycles. The van der Waals surface area contributed by atoms with Crippen molar-refractivity contribution in [3.05, 3.63) is 58.6 Å². The molecule has 4 heteroatoms. The molecular formula is C14H16BrN3. The maximum Gasteiger partial charge on any atom is 0.115 e. The zero-order valence-electron chi connectivity index (χ0n) is 10.3. The zero-order chi connectivity index (χ0) is 12.8. The molecule has 3 nitrogen and oxygen atoms in total. The molecule has 0 aliphatic rings.